The third-order valence-electron chi connectivity index (χ3n) is 5.09. The number of benzene rings is 1. The summed E-state index contributed by atoms with van der Waals surface area (Å²) in [4.78, 5) is 26.2. The second-order valence-corrected chi connectivity index (χ2v) is 8.80. The molecule has 0 saturated carbocycles. The van der Waals surface area contributed by atoms with Gasteiger partial charge in [-0.2, -0.15) is 0 Å². The van der Waals surface area contributed by atoms with Gasteiger partial charge in [0.15, 0.2) is 0 Å². The van der Waals surface area contributed by atoms with Crippen molar-refractivity contribution in [2.24, 2.45) is 0 Å². The Morgan fingerprint density at radius 3 is 2.21 bits per heavy atom. The molecule has 4 nitrogen and oxygen atoms in total. The molecule has 1 atom stereocenters. The van der Waals surface area contributed by atoms with E-state index in [0.717, 1.165) is 31.2 Å². The van der Waals surface area contributed by atoms with Crippen LogP contribution in [0.4, 0.5) is 0 Å². The summed E-state index contributed by atoms with van der Waals surface area (Å²) in [6, 6.07) is 12.7. The first-order chi connectivity index (χ1) is 14.1. The smallest absolute Gasteiger partial charge is 0.254 e. The fraction of sp³-hybridized carbons (Fsp3) is 0.500. The monoisotopic (exact) mass is 414 g/mol. The van der Waals surface area contributed by atoms with E-state index in [0.29, 0.717) is 12.5 Å². The Bertz CT molecular complexity index is 743. The number of thiophene rings is 1. The molecule has 29 heavy (non-hydrogen) atoms. The van der Waals surface area contributed by atoms with Gasteiger partial charge in [0.25, 0.3) is 5.91 Å². The Morgan fingerprint density at radius 2 is 1.79 bits per heavy atom. The number of amides is 1. The minimum absolute atomic E-state index is 0.170. The lowest BCUT2D eigenvalue weighted by Crippen LogP contribution is -2.33. The standard InChI is InChI=1S/C17H19NOS.C4H9N.C3H6O/c1-12-4-3-11-18(12)17(19)15-8-6-14(7-9-15)16-10-5-13(2)20-16;1-2-4-5-3-1;1-2-3-4/h5-10,12H,3-4,11H2,1-2H3;5H,1-4H2;3H,2H2,1H3. The summed E-state index contributed by atoms with van der Waals surface area (Å²) in [5.41, 5.74) is 1.99. The van der Waals surface area contributed by atoms with E-state index in [-0.39, 0.29) is 5.91 Å². The summed E-state index contributed by atoms with van der Waals surface area (Å²) >= 11 is 1.79. The molecule has 2 aromatic rings. The molecule has 0 spiro atoms. The zero-order chi connectivity index (χ0) is 21.1. The van der Waals surface area contributed by atoms with E-state index in [1.165, 1.54) is 41.2 Å². The first-order valence-electron chi connectivity index (χ1n) is 10.7. The van der Waals surface area contributed by atoms with E-state index >= 15 is 0 Å². The second-order valence-electron chi connectivity index (χ2n) is 7.51. The van der Waals surface area contributed by atoms with E-state index in [1.54, 1.807) is 11.3 Å². The predicted octanol–water partition coefficient (Wildman–Crippen LogP) is 5.31. The van der Waals surface area contributed by atoms with Crippen LogP contribution in [0, 0.1) is 6.92 Å². The Balaban J connectivity index is 0.000000277. The van der Waals surface area contributed by atoms with Crippen molar-refractivity contribution in [3.63, 3.8) is 0 Å². The van der Waals surface area contributed by atoms with Crippen molar-refractivity contribution in [2.45, 2.75) is 58.9 Å². The van der Waals surface area contributed by atoms with Crippen LogP contribution in [0.25, 0.3) is 10.4 Å². The van der Waals surface area contributed by atoms with Crippen molar-refractivity contribution < 1.29 is 9.59 Å². The Kier molecular flexibility index (Phi) is 10.1. The number of nitrogens with zero attached hydrogens (tertiary/aromatic N) is 1. The molecule has 2 fully saturated rings. The van der Waals surface area contributed by atoms with Crippen molar-refractivity contribution in [3.05, 3.63) is 46.8 Å². The van der Waals surface area contributed by atoms with Crippen molar-refractivity contribution >= 4 is 23.5 Å². The number of hydrogen-bond donors (Lipinski definition) is 1. The molecule has 1 unspecified atom stereocenters. The predicted molar refractivity (Wildman–Crippen MR) is 123 cm³/mol. The van der Waals surface area contributed by atoms with Crippen LogP contribution in [0.15, 0.2) is 36.4 Å². The molecular weight excluding hydrogens is 380 g/mol. The summed E-state index contributed by atoms with van der Waals surface area (Å²) in [6.45, 7) is 9.45. The van der Waals surface area contributed by atoms with Gasteiger partial charge in [-0.05, 0) is 82.4 Å². The number of hydrogen-bond acceptors (Lipinski definition) is 4. The number of likely N-dealkylation sites (tertiary alicyclic amines) is 1. The summed E-state index contributed by atoms with van der Waals surface area (Å²) in [6.07, 6.45) is 6.54. The van der Waals surface area contributed by atoms with Gasteiger partial charge in [0.2, 0.25) is 0 Å². The van der Waals surface area contributed by atoms with E-state index in [1.807, 2.05) is 24.0 Å². The van der Waals surface area contributed by atoms with Crippen molar-refractivity contribution in [1.82, 2.24) is 10.2 Å². The van der Waals surface area contributed by atoms with E-state index < -0.39 is 0 Å². The first kappa shape index (κ1) is 23.3. The van der Waals surface area contributed by atoms with Crippen LogP contribution in [0.5, 0.6) is 0 Å². The molecule has 1 N–H and O–H groups in total. The van der Waals surface area contributed by atoms with Gasteiger partial charge in [0.1, 0.15) is 6.29 Å². The summed E-state index contributed by atoms with van der Waals surface area (Å²) in [7, 11) is 0. The summed E-state index contributed by atoms with van der Waals surface area (Å²) < 4.78 is 0. The van der Waals surface area contributed by atoms with Crippen LogP contribution in [-0.2, 0) is 4.79 Å². The van der Waals surface area contributed by atoms with E-state index in [2.05, 4.69) is 43.4 Å². The average molecular weight is 415 g/mol. The quantitative estimate of drug-likeness (QED) is 0.692. The van der Waals surface area contributed by atoms with Gasteiger partial charge in [-0.1, -0.05) is 19.1 Å². The van der Waals surface area contributed by atoms with E-state index in [4.69, 9.17) is 0 Å². The van der Waals surface area contributed by atoms with Crippen LogP contribution >= 0.6 is 11.3 Å². The Labute approximate surface area is 179 Å². The highest BCUT2D eigenvalue weighted by atomic mass is 32.1. The summed E-state index contributed by atoms with van der Waals surface area (Å²) in [5.74, 6) is 0.170. The third kappa shape index (κ3) is 7.41. The fourth-order valence-electron chi connectivity index (χ4n) is 3.39. The normalized spacial score (nSPS) is 17.8. The number of nitrogens with one attached hydrogen (secondary N) is 1. The van der Waals surface area contributed by atoms with Crippen LogP contribution in [0.2, 0.25) is 0 Å². The molecular formula is C24H34N2O2S. The first-order valence-corrected chi connectivity index (χ1v) is 11.5. The topological polar surface area (TPSA) is 49.4 Å². The van der Waals surface area contributed by atoms with Gasteiger partial charge < -0.3 is 15.0 Å². The van der Waals surface area contributed by atoms with Gasteiger partial charge in [0, 0.05) is 34.3 Å². The van der Waals surface area contributed by atoms with E-state index in [9.17, 15) is 9.59 Å². The Morgan fingerprint density at radius 1 is 1.14 bits per heavy atom. The van der Waals surface area contributed by atoms with Crippen LogP contribution in [0.1, 0.15) is 61.2 Å². The molecule has 0 aliphatic carbocycles. The second kappa shape index (κ2) is 12.6. The molecule has 2 saturated heterocycles. The van der Waals surface area contributed by atoms with Gasteiger partial charge in [-0.25, -0.2) is 0 Å². The Hall–Kier alpha value is -1.98. The number of rotatable bonds is 3. The van der Waals surface area contributed by atoms with Crippen molar-refractivity contribution in [1.29, 1.82) is 0 Å². The highest BCUT2D eigenvalue weighted by Crippen LogP contribution is 2.28. The minimum Gasteiger partial charge on any atom is -0.336 e. The molecule has 4 rings (SSSR count). The fourth-order valence-corrected chi connectivity index (χ4v) is 4.27. The largest absolute Gasteiger partial charge is 0.336 e. The summed E-state index contributed by atoms with van der Waals surface area (Å²) in [5, 5.41) is 3.22. The zero-order valence-electron chi connectivity index (χ0n) is 17.9. The van der Waals surface area contributed by atoms with Gasteiger partial charge in [0.05, 0.1) is 0 Å². The molecule has 158 valence electrons. The molecule has 0 radical (unpaired) electrons. The lowest BCUT2D eigenvalue weighted by molar-refractivity contribution is -0.107. The number of aryl methyl sites for hydroxylation is 1. The lowest BCUT2D eigenvalue weighted by atomic mass is 10.1. The van der Waals surface area contributed by atoms with Crippen molar-refractivity contribution in [3.8, 4) is 10.4 Å². The SMILES string of the molecule is C1CCNC1.CCC=O.Cc1ccc(-c2ccc(C(=O)N3CCCC3C)cc2)s1. The number of carbonyl (C=O) groups is 2. The molecule has 2 aliphatic rings. The number of aldehydes is 1. The third-order valence-corrected chi connectivity index (χ3v) is 6.14. The van der Waals surface area contributed by atoms with Gasteiger partial charge in [-0.15, -0.1) is 11.3 Å². The van der Waals surface area contributed by atoms with Crippen LogP contribution in [-0.4, -0.2) is 42.8 Å². The molecule has 3 heterocycles. The zero-order valence-corrected chi connectivity index (χ0v) is 18.8. The molecule has 0 bridgehead atoms. The molecule has 1 aromatic carbocycles. The molecule has 5 heteroatoms. The maximum atomic E-state index is 12.4. The molecule has 1 aromatic heterocycles. The minimum atomic E-state index is 0.170. The maximum Gasteiger partial charge on any atom is 0.254 e. The molecule has 2 aliphatic heterocycles. The van der Waals surface area contributed by atoms with Crippen LogP contribution < -0.4 is 5.32 Å². The number of carbonyl (C=O) groups excluding carboxylic acids is 2. The maximum absolute atomic E-state index is 12.4. The average Bonchev–Trinajstić information content (AvgIpc) is 3.52. The van der Waals surface area contributed by atoms with Crippen LogP contribution in [0.3, 0.4) is 0 Å². The highest BCUT2D eigenvalue weighted by molar-refractivity contribution is 7.15. The lowest BCUT2D eigenvalue weighted by Gasteiger charge is -2.21. The highest BCUT2D eigenvalue weighted by Gasteiger charge is 2.25. The van der Waals surface area contributed by atoms with Crippen molar-refractivity contribution in [2.75, 3.05) is 19.6 Å². The molecule has 1 amide bonds. The van der Waals surface area contributed by atoms with Gasteiger partial charge in [-0.3, -0.25) is 4.79 Å². The van der Waals surface area contributed by atoms with Gasteiger partial charge >= 0.3 is 0 Å².